The van der Waals surface area contributed by atoms with Crippen molar-refractivity contribution in [3.8, 4) is 0 Å². The van der Waals surface area contributed by atoms with Gasteiger partial charge in [0.1, 0.15) is 4.90 Å². The molecule has 0 N–H and O–H groups in total. The Morgan fingerprint density at radius 2 is 1.80 bits per heavy atom. The van der Waals surface area contributed by atoms with Crippen LogP contribution in [0.2, 0.25) is 0 Å². The van der Waals surface area contributed by atoms with Gasteiger partial charge < -0.3 is 4.90 Å². The van der Waals surface area contributed by atoms with Gasteiger partial charge in [0.25, 0.3) is 5.69 Å². The number of nitro benzene ring substituents is 1. The lowest BCUT2D eigenvalue weighted by molar-refractivity contribution is -0.387. The molecule has 0 saturated carbocycles. The molecule has 1 aromatic carbocycles. The van der Waals surface area contributed by atoms with Crippen LogP contribution in [0.5, 0.6) is 0 Å². The maximum atomic E-state index is 11.8. The van der Waals surface area contributed by atoms with Crippen LogP contribution < -0.4 is 4.90 Å². The number of benzene rings is 1. The normalized spacial score (nSPS) is 23.1. The summed E-state index contributed by atoms with van der Waals surface area (Å²) in [6, 6.07) is 4.94. The van der Waals surface area contributed by atoms with Crippen molar-refractivity contribution in [3.63, 3.8) is 0 Å². The number of sulfone groups is 1. The second kappa shape index (κ2) is 5.05. The van der Waals surface area contributed by atoms with Gasteiger partial charge in [0.05, 0.1) is 4.92 Å². The minimum Gasteiger partial charge on any atom is -0.366 e. The van der Waals surface area contributed by atoms with Crippen LogP contribution in [0, 0.1) is 10.1 Å². The van der Waals surface area contributed by atoms with E-state index in [9.17, 15) is 18.5 Å². The molecule has 0 unspecified atom stereocenters. The van der Waals surface area contributed by atoms with E-state index in [-0.39, 0.29) is 10.6 Å². The van der Waals surface area contributed by atoms with Crippen LogP contribution in [0.3, 0.4) is 0 Å². The van der Waals surface area contributed by atoms with Crippen LogP contribution in [0.4, 0.5) is 11.4 Å². The molecule has 1 aliphatic heterocycles. The van der Waals surface area contributed by atoms with Gasteiger partial charge in [0, 0.05) is 30.1 Å². The van der Waals surface area contributed by atoms with Crippen molar-refractivity contribution in [2.24, 2.45) is 0 Å². The summed E-state index contributed by atoms with van der Waals surface area (Å²) in [5, 5.41) is 11.0. The third kappa shape index (κ3) is 2.63. The van der Waals surface area contributed by atoms with Crippen molar-refractivity contribution in [3.05, 3.63) is 28.3 Å². The molecule has 1 aromatic rings. The number of anilines is 1. The minimum atomic E-state index is -3.63. The smallest absolute Gasteiger partial charge is 0.288 e. The van der Waals surface area contributed by atoms with Gasteiger partial charge in [-0.1, -0.05) is 0 Å². The number of rotatable bonds is 3. The highest BCUT2D eigenvalue weighted by atomic mass is 32.2. The third-order valence-corrected chi connectivity index (χ3v) is 4.92. The Bertz CT molecular complexity index is 632. The van der Waals surface area contributed by atoms with Crippen LogP contribution in [0.1, 0.15) is 26.7 Å². The molecule has 0 spiro atoms. The van der Waals surface area contributed by atoms with E-state index in [1.807, 2.05) is 0 Å². The van der Waals surface area contributed by atoms with Crippen LogP contribution in [0.25, 0.3) is 0 Å². The summed E-state index contributed by atoms with van der Waals surface area (Å²) in [6.45, 7) is 4.15. The first-order valence-electron chi connectivity index (χ1n) is 6.48. The van der Waals surface area contributed by atoms with Crippen LogP contribution in [-0.4, -0.2) is 31.7 Å². The summed E-state index contributed by atoms with van der Waals surface area (Å²) in [6.07, 6.45) is 3.06. The Balaban J connectivity index is 2.56. The van der Waals surface area contributed by atoms with Gasteiger partial charge in [0.2, 0.25) is 0 Å². The van der Waals surface area contributed by atoms with Crippen LogP contribution in [0.15, 0.2) is 23.1 Å². The highest BCUT2D eigenvalue weighted by Gasteiger charge is 2.30. The first kappa shape index (κ1) is 14.8. The quantitative estimate of drug-likeness (QED) is 0.632. The lowest BCUT2D eigenvalue weighted by Crippen LogP contribution is -2.32. The standard InChI is InChI=1S/C13H18N2O4S/c1-9-4-5-10(2)14(9)11-6-7-12(15(16)17)13(8-11)20(3,18)19/h6-10H,4-5H2,1-3H3/t9-,10-/m0/s1. The summed E-state index contributed by atoms with van der Waals surface area (Å²) in [4.78, 5) is 12.2. The molecule has 1 heterocycles. The fourth-order valence-corrected chi connectivity index (χ4v) is 3.67. The van der Waals surface area contributed by atoms with E-state index in [4.69, 9.17) is 0 Å². The molecular formula is C13H18N2O4S. The van der Waals surface area contributed by atoms with Crippen molar-refractivity contribution in [1.82, 2.24) is 0 Å². The summed E-state index contributed by atoms with van der Waals surface area (Å²) < 4.78 is 23.5. The summed E-state index contributed by atoms with van der Waals surface area (Å²) in [5.41, 5.74) is 0.365. The Labute approximate surface area is 118 Å². The van der Waals surface area contributed by atoms with Crippen LogP contribution >= 0.6 is 0 Å². The van der Waals surface area contributed by atoms with Gasteiger partial charge >= 0.3 is 0 Å². The number of nitro groups is 1. The molecule has 0 aliphatic carbocycles. The Morgan fingerprint density at radius 3 is 2.25 bits per heavy atom. The Kier molecular flexibility index (Phi) is 3.73. The predicted molar refractivity (Wildman–Crippen MR) is 76.8 cm³/mol. The second-order valence-corrected chi connectivity index (χ2v) is 7.35. The van der Waals surface area contributed by atoms with E-state index in [0.29, 0.717) is 12.1 Å². The molecule has 110 valence electrons. The molecular weight excluding hydrogens is 280 g/mol. The first-order valence-corrected chi connectivity index (χ1v) is 8.38. The SMILES string of the molecule is C[C@H]1CC[C@H](C)N1c1ccc([N+](=O)[O-])c(S(C)(=O)=O)c1. The van der Waals surface area contributed by atoms with E-state index in [1.165, 1.54) is 12.1 Å². The molecule has 0 radical (unpaired) electrons. The van der Waals surface area contributed by atoms with Crippen molar-refractivity contribution < 1.29 is 13.3 Å². The predicted octanol–water partition coefficient (Wildman–Crippen LogP) is 2.38. The molecule has 1 aliphatic rings. The second-order valence-electron chi connectivity index (χ2n) is 5.36. The molecule has 2 rings (SSSR count). The lowest BCUT2D eigenvalue weighted by atomic mass is 10.2. The highest BCUT2D eigenvalue weighted by molar-refractivity contribution is 7.90. The summed E-state index contributed by atoms with van der Waals surface area (Å²) in [5.74, 6) is 0. The zero-order chi connectivity index (χ0) is 15.1. The molecule has 6 nitrogen and oxygen atoms in total. The minimum absolute atomic E-state index is 0.216. The van der Waals surface area contributed by atoms with Gasteiger partial charge in [-0.05, 0) is 38.8 Å². The molecule has 20 heavy (non-hydrogen) atoms. The first-order chi connectivity index (χ1) is 9.21. The number of nitrogens with zero attached hydrogens (tertiary/aromatic N) is 2. The maximum Gasteiger partial charge on any atom is 0.288 e. The van der Waals surface area contributed by atoms with E-state index in [1.54, 1.807) is 6.07 Å². The summed E-state index contributed by atoms with van der Waals surface area (Å²) in [7, 11) is -3.63. The fourth-order valence-electron chi connectivity index (χ4n) is 2.82. The molecule has 1 fully saturated rings. The van der Waals surface area contributed by atoms with Crippen molar-refractivity contribution in [1.29, 1.82) is 0 Å². The lowest BCUT2D eigenvalue weighted by Gasteiger charge is -2.28. The molecule has 2 atom stereocenters. The molecule has 0 amide bonds. The van der Waals surface area contributed by atoms with Gasteiger partial charge in [-0.3, -0.25) is 10.1 Å². The average Bonchev–Trinajstić information content (AvgIpc) is 2.67. The highest BCUT2D eigenvalue weighted by Crippen LogP contribution is 2.34. The third-order valence-electron chi connectivity index (χ3n) is 3.79. The van der Waals surface area contributed by atoms with E-state index in [0.717, 1.165) is 24.8 Å². The number of hydrogen-bond donors (Lipinski definition) is 0. The molecule has 0 bridgehead atoms. The molecule has 7 heteroatoms. The van der Waals surface area contributed by atoms with Gasteiger partial charge in [-0.15, -0.1) is 0 Å². The maximum absolute atomic E-state index is 11.8. The topological polar surface area (TPSA) is 80.5 Å². The molecule has 0 aromatic heterocycles. The van der Waals surface area contributed by atoms with E-state index in [2.05, 4.69) is 18.7 Å². The van der Waals surface area contributed by atoms with Crippen molar-refractivity contribution >= 4 is 21.2 Å². The van der Waals surface area contributed by atoms with Gasteiger partial charge in [-0.2, -0.15) is 0 Å². The van der Waals surface area contributed by atoms with Crippen LogP contribution in [-0.2, 0) is 9.84 Å². The number of hydrogen-bond acceptors (Lipinski definition) is 5. The Hall–Kier alpha value is -1.63. The summed E-state index contributed by atoms with van der Waals surface area (Å²) >= 11 is 0. The van der Waals surface area contributed by atoms with Gasteiger partial charge in [-0.25, -0.2) is 8.42 Å². The largest absolute Gasteiger partial charge is 0.366 e. The Morgan fingerprint density at radius 1 is 1.25 bits per heavy atom. The fraction of sp³-hybridized carbons (Fsp3) is 0.538. The zero-order valence-corrected chi connectivity index (χ0v) is 12.6. The van der Waals surface area contributed by atoms with Gasteiger partial charge in [0.15, 0.2) is 9.84 Å². The van der Waals surface area contributed by atoms with E-state index < -0.39 is 14.8 Å². The van der Waals surface area contributed by atoms with E-state index >= 15 is 0 Å². The van der Waals surface area contributed by atoms with Crippen molar-refractivity contribution in [2.75, 3.05) is 11.2 Å². The average molecular weight is 298 g/mol. The zero-order valence-electron chi connectivity index (χ0n) is 11.7. The molecule has 1 saturated heterocycles. The van der Waals surface area contributed by atoms with Crippen molar-refractivity contribution in [2.45, 2.75) is 43.7 Å². The monoisotopic (exact) mass is 298 g/mol.